The maximum absolute atomic E-state index is 13.4. The van der Waals surface area contributed by atoms with E-state index in [0.29, 0.717) is 27.3 Å². The van der Waals surface area contributed by atoms with Crippen molar-refractivity contribution in [2.75, 3.05) is 18.1 Å². The quantitative estimate of drug-likeness (QED) is 0.494. The van der Waals surface area contributed by atoms with E-state index < -0.39 is 0 Å². The number of carbonyl (C=O) groups excluding carboxylic acids is 1. The fourth-order valence-electron chi connectivity index (χ4n) is 3.47. The Morgan fingerprint density at radius 3 is 2.75 bits per heavy atom. The van der Waals surface area contributed by atoms with E-state index in [4.69, 9.17) is 32.9 Å². The minimum absolute atomic E-state index is 0.0104. The number of hydrogen-bond donors (Lipinski definition) is 0. The van der Waals surface area contributed by atoms with Crippen molar-refractivity contribution in [1.29, 1.82) is 0 Å². The largest absolute Gasteiger partial charge is 0.376 e. The minimum atomic E-state index is -0.169. The van der Waals surface area contributed by atoms with Crippen LogP contribution in [0.2, 0.25) is 10.0 Å². The van der Waals surface area contributed by atoms with Crippen LogP contribution in [0.15, 0.2) is 36.4 Å². The van der Waals surface area contributed by atoms with Gasteiger partial charge in [0.05, 0.1) is 22.9 Å². The summed E-state index contributed by atoms with van der Waals surface area (Å²) in [6.45, 7) is 3.30. The number of amides is 1. The summed E-state index contributed by atoms with van der Waals surface area (Å²) in [4.78, 5) is 19.9. The van der Waals surface area contributed by atoms with E-state index >= 15 is 0 Å². The monoisotopic (exact) mass is 434 g/mol. The molecule has 0 aliphatic carbocycles. The highest BCUT2D eigenvalue weighted by Gasteiger charge is 2.27. The van der Waals surface area contributed by atoms with E-state index in [1.165, 1.54) is 16.9 Å². The molecule has 4 nitrogen and oxygen atoms in total. The molecule has 1 saturated heterocycles. The summed E-state index contributed by atoms with van der Waals surface area (Å²) < 4.78 is 6.86. The van der Waals surface area contributed by atoms with Crippen LogP contribution in [-0.4, -0.2) is 30.1 Å². The Bertz CT molecular complexity index is 995. The van der Waals surface area contributed by atoms with Crippen LogP contribution in [0.5, 0.6) is 0 Å². The Balaban J connectivity index is 1.75. The van der Waals surface area contributed by atoms with Crippen LogP contribution in [0.25, 0.3) is 10.2 Å². The molecular weight excluding hydrogens is 415 g/mol. The predicted molar refractivity (Wildman–Crippen MR) is 116 cm³/mol. The van der Waals surface area contributed by atoms with E-state index in [1.54, 1.807) is 23.1 Å². The summed E-state index contributed by atoms with van der Waals surface area (Å²) in [5.41, 5.74) is 2.58. The summed E-state index contributed by atoms with van der Waals surface area (Å²) in [5.74, 6) is -0.169. The average Bonchev–Trinajstić information content (AvgIpc) is 3.33. The van der Waals surface area contributed by atoms with Gasteiger partial charge in [-0.05, 0) is 49.1 Å². The second-order valence-corrected chi connectivity index (χ2v) is 8.70. The van der Waals surface area contributed by atoms with Gasteiger partial charge in [-0.25, -0.2) is 4.98 Å². The lowest BCUT2D eigenvalue weighted by molar-refractivity contribution is 0.0917. The highest BCUT2D eigenvalue weighted by Crippen LogP contribution is 2.33. The maximum atomic E-state index is 13.4. The lowest BCUT2D eigenvalue weighted by Crippen LogP contribution is -2.37. The number of aromatic nitrogens is 1. The van der Waals surface area contributed by atoms with Gasteiger partial charge in [-0.1, -0.05) is 53.6 Å². The number of fused-ring (bicyclic) bond motifs is 1. The van der Waals surface area contributed by atoms with Gasteiger partial charge in [0.25, 0.3) is 5.91 Å². The fourth-order valence-corrected chi connectivity index (χ4v) is 5.01. The van der Waals surface area contributed by atoms with Crippen molar-refractivity contribution in [2.45, 2.75) is 32.3 Å². The third-order valence-corrected chi connectivity index (χ3v) is 6.35. The van der Waals surface area contributed by atoms with E-state index in [1.807, 2.05) is 12.1 Å². The predicted octanol–water partition coefficient (Wildman–Crippen LogP) is 5.99. The Morgan fingerprint density at radius 1 is 1.29 bits per heavy atom. The molecule has 1 aliphatic rings. The van der Waals surface area contributed by atoms with Crippen LogP contribution in [0.1, 0.15) is 35.7 Å². The second kappa shape index (κ2) is 8.37. The first-order valence-electron chi connectivity index (χ1n) is 9.33. The minimum Gasteiger partial charge on any atom is -0.376 e. The molecule has 7 heteroatoms. The van der Waals surface area contributed by atoms with Crippen molar-refractivity contribution >= 4 is 55.8 Å². The number of nitrogens with zero attached hydrogens (tertiary/aromatic N) is 2. The summed E-state index contributed by atoms with van der Waals surface area (Å²) >= 11 is 13.8. The van der Waals surface area contributed by atoms with Gasteiger partial charge in [-0.2, -0.15) is 0 Å². The molecule has 3 aromatic rings. The SMILES string of the molecule is CCc1cccc2sc(N(CC3CCCO3)C(=O)c3cc(Cl)cc(Cl)c3)nc12. The number of rotatable bonds is 5. The average molecular weight is 435 g/mol. The molecule has 1 fully saturated rings. The Hall–Kier alpha value is -1.66. The normalized spacial score (nSPS) is 16.6. The molecular formula is C21H20Cl2N2O2S. The lowest BCUT2D eigenvalue weighted by Gasteiger charge is -2.23. The number of thiazole rings is 1. The topological polar surface area (TPSA) is 42.4 Å². The summed E-state index contributed by atoms with van der Waals surface area (Å²) in [5, 5.41) is 1.54. The Labute approximate surface area is 178 Å². The van der Waals surface area contributed by atoms with Crippen LogP contribution < -0.4 is 4.90 Å². The smallest absolute Gasteiger partial charge is 0.260 e. The third kappa shape index (κ3) is 4.03. The first-order chi connectivity index (χ1) is 13.5. The number of ether oxygens (including phenoxy) is 1. The summed E-state index contributed by atoms with van der Waals surface area (Å²) in [6.07, 6.45) is 2.85. The van der Waals surface area contributed by atoms with Crippen LogP contribution in [0.3, 0.4) is 0 Å². The summed E-state index contributed by atoms with van der Waals surface area (Å²) in [7, 11) is 0. The number of aryl methyl sites for hydroxylation is 1. The van der Waals surface area contributed by atoms with Gasteiger partial charge in [0.15, 0.2) is 5.13 Å². The van der Waals surface area contributed by atoms with E-state index in [9.17, 15) is 4.79 Å². The van der Waals surface area contributed by atoms with Crippen LogP contribution in [0.4, 0.5) is 5.13 Å². The van der Waals surface area contributed by atoms with Gasteiger partial charge in [-0.15, -0.1) is 0 Å². The number of hydrogen-bond acceptors (Lipinski definition) is 4. The van der Waals surface area contributed by atoms with Crippen molar-refractivity contribution in [3.63, 3.8) is 0 Å². The molecule has 0 radical (unpaired) electrons. The first kappa shape index (κ1) is 19.6. The number of halogens is 2. The summed E-state index contributed by atoms with van der Waals surface area (Å²) in [6, 6.07) is 11.1. The molecule has 0 saturated carbocycles. The van der Waals surface area contributed by atoms with E-state index in [-0.39, 0.29) is 12.0 Å². The van der Waals surface area contributed by atoms with Crippen molar-refractivity contribution in [3.8, 4) is 0 Å². The van der Waals surface area contributed by atoms with Crippen molar-refractivity contribution in [1.82, 2.24) is 4.98 Å². The molecule has 0 spiro atoms. The van der Waals surface area contributed by atoms with Crippen molar-refractivity contribution in [2.24, 2.45) is 0 Å². The van der Waals surface area contributed by atoms with Gasteiger partial charge in [0.1, 0.15) is 0 Å². The number of para-hydroxylation sites is 1. The standard InChI is InChI=1S/C21H20Cl2N2O2S/c1-2-13-5-3-7-18-19(13)24-21(28-18)25(12-17-6-4-8-27-17)20(26)14-9-15(22)11-16(23)10-14/h3,5,7,9-11,17H,2,4,6,8,12H2,1H3. The Morgan fingerprint density at radius 2 is 2.07 bits per heavy atom. The molecule has 0 bridgehead atoms. The number of benzene rings is 2. The molecule has 4 rings (SSSR count). The van der Waals surface area contributed by atoms with Crippen LogP contribution >= 0.6 is 34.5 Å². The van der Waals surface area contributed by atoms with Crippen LogP contribution in [0, 0.1) is 0 Å². The van der Waals surface area contributed by atoms with E-state index in [0.717, 1.165) is 36.1 Å². The molecule has 2 heterocycles. The zero-order valence-corrected chi connectivity index (χ0v) is 17.8. The highest BCUT2D eigenvalue weighted by atomic mass is 35.5. The zero-order valence-electron chi connectivity index (χ0n) is 15.5. The van der Waals surface area contributed by atoms with Gasteiger partial charge < -0.3 is 4.74 Å². The zero-order chi connectivity index (χ0) is 19.7. The van der Waals surface area contributed by atoms with Crippen LogP contribution in [-0.2, 0) is 11.2 Å². The van der Waals surface area contributed by atoms with Gasteiger partial charge in [0, 0.05) is 22.2 Å². The number of carbonyl (C=O) groups is 1. The molecule has 1 aliphatic heterocycles. The maximum Gasteiger partial charge on any atom is 0.260 e. The van der Waals surface area contributed by atoms with Gasteiger partial charge in [0.2, 0.25) is 0 Å². The molecule has 1 amide bonds. The lowest BCUT2D eigenvalue weighted by atomic mass is 10.1. The third-order valence-electron chi connectivity index (χ3n) is 4.87. The molecule has 2 aromatic carbocycles. The van der Waals surface area contributed by atoms with Gasteiger partial charge in [-0.3, -0.25) is 9.69 Å². The molecule has 1 atom stereocenters. The molecule has 28 heavy (non-hydrogen) atoms. The first-order valence-corrected chi connectivity index (χ1v) is 10.9. The van der Waals surface area contributed by atoms with Crippen molar-refractivity contribution < 1.29 is 9.53 Å². The molecule has 1 aromatic heterocycles. The second-order valence-electron chi connectivity index (χ2n) is 6.82. The van der Waals surface area contributed by atoms with Crippen molar-refractivity contribution in [3.05, 3.63) is 57.6 Å². The number of anilines is 1. The molecule has 0 N–H and O–H groups in total. The fraction of sp³-hybridized carbons (Fsp3) is 0.333. The molecule has 1 unspecified atom stereocenters. The Kier molecular flexibility index (Phi) is 5.88. The van der Waals surface area contributed by atoms with Gasteiger partial charge >= 0.3 is 0 Å². The molecule has 146 valence electrons. The van der Waals surface area contributed by atoms with E-state index in [2.05, 4.69) is 13.0 Å². The highest BCUT2D eigenvalue weighted by molar-refractivity contribution is 7.22.